The van der Waals surface area contributed by atoms with Crippen LogP contribution in [-0.4, -0.2) is 6.18 Å². The number of benzene rings is 1. The van der Waals surface area contributed by atoms with Crippen molar-refractivity contribution in [1.29, 1.82) is 0 Å². The Morgan fingerprint density at radius 1 is 1.14 bits per heavy atom. The molecule has 0 aliphatic rings. The smallest absolute Gasteiger partial charge is 0.271 e. The highest BCUT2D eigenvalue weighted by Gasteiger charge is 2.39. The predicted octanol–water partition coefficient (Wildman–Crippen LogP) is 1.89. The number of hydrazine groups is 1. The van der Waals surface area contributed by atoms with Gasteiger partial charge in [0.2, 0.25) is 0 Å². The monoisotopic (exact) mass is 208 g/mol. The molecular formula is C8H8F4N2. The molecule has 1 aromatic carbocycles. The van der Waals surface area contributed by atoms with Crippen molar-refractivity contribution in [3.63, 3.8) is 0 Å². The summed E-state index contributed by atoms with van der Waals surface area (Å²) in [5.74, 6) is 4.17. The van der Waals surface area contributed by atoms with Gasteiger partial charge in [-0.1, -0.05) is 12.1 Å². The van der Waals surface area contributed by atoms with Crippen molar-refractivity contribution in [2.45, 2.75) is 12.2 Å². The number of rotatable bonds is 2. The average Bonchev–Trinajstić information content (AvgIpc) is 2.07. The molecule has 0 bridgehead atoms. The predicted molar refractivity (Wildman–Crippen MR) is 42.5 cm³/mol. The lowest BCUT2D eigenvalue weighted by molar-refractivity contribution is -0.157. The Bertz CT molecular complexity index is 293. The van der Waals surface area contributed by atoms with Gasteiger partial charge in [0.15, 0.2) is 0 Å². The van der Waals surface area contributed by atoms with Crippen LogP contribution in [0.3, 0.4) is 0 Å². The fraction of sp³-hybridized carbons (Fsp3) is 0.250. The third-order valence-electron chi connectivity index (χ3n) is 1.70. The Balaban J connectivity index is 2.96. The van der Waals surface area contributed by atoms with E-state index in [-0.39, 0.29) is 5.56 Å². The van der Waals surface area contributed by atoms with Crippen LogP contribution < -0.4 is 11.3 Å². The van der Waals surface area contributed by atoms with Gasteiger partial charge in [-0.05, 0) is 17.7 Å². The number of hydrogen-bond donors (Lipinski definition) is 2. The first-order valence-electron chi connectivity index (χ1n) is 3.73. The highest BCUT2D eigenvalue weighted by molar-refractivity contribution is 5.21. The van der Waals surface area contributed by atoms with E-state index >= 15 is 0 Å². The van der Waals surface area contributed by atoms with Gasteiger partial charge in [0.05, 0.1) is 0 Å². The summed E-state index contributed by atoms with van der Waals surface area (Å²) >= 11 is 0. The van der Waals surface area contributed by atoms with E-state index in [0.717, 1.165) is 24.3 Å². The van der Waals surface area contributed by atoms with E-state index in [2.05, 4.69) is 0 Å². The van der Waals surface area contributed by atoms with E-state index in [1.54, 1.807) is 5.43 Å². The molecule has 78 valence electrons. The largest absolute Gasteiger partial charge is 0.409 e. The minimum atomic E-state index is -4.49. The molecule has 0 fully saturated rings. The van der Waals surface area contributed by atoms with E-state index in [4.69, 9.17) is 5.84 Å². The van der Waals surface area contributed by atoms with Crippen LogP contribution in [0.15, 0.2) is 24.3 Å². The fourth-order valence-corrected chi connectivity index (χ4v) is 1.03. The van der Waals surface area contributed by atoms with Gasteiger partial charge in [-0.2, -0.15) is 13.2 Å². The van der Waals surface area contributed by atoms with Crippen LogP contribution in [0.1, 0.15) is 11.6 Å². The fourth-order valence-electron chi connectivity index (χ4n) is 1.03. The Morgan fingerprint density at radius 2 is 1.64 bits per heavy atom. The minimum absolute atomic E-state index is 0.124. The van der Waals surface area contributed by atoms with Gasteiger partial charge >= 0.3 is 6.18 Å². The molecule has 14 heavy (non-hydrogen) atoms. The van der Waals surface area contributed by atoms with Gasteiger partial charge in [-0.15, -0.1) is 0 Å². The molecule has 2 nitrogen and oxygen atoms in total. The molecule has 3 N–H and O–H groups in total. The van der Waals surface area contributed by atoms with Gasteiger partial charge in [0, 0.05) is 0 Å². The van der Waals surface area contributed by atoms with E-state index in [0.29, 0.717) is 0 Å². The van der Waals surface area contributed by atoms with E-state index in [1.165, 1.54) is 0 Å². The van der Waals surface area contributed by atoms with Crippen LogP contribution in [0, 0.1) is 5.82 Å². The molecule has 0 radical (unpaired) electrons. The van der Waals surface area contributed by atoms with Crippen LogP contribution in [0.4, 0.5) is 17.6 Å². The zero-order valence-corrected chi connectivity index (χ0v) is 6.98. The lowest BCUT2D eigenvalue weighted by Crippen LogP contribution is -2.38. The van der Waals surface area contributed by atoms with Crippen molar-refractivity contribution in [3.8, 4) is 0 Å². The molecule has 0 unspecified atom stereocenters. The van der Waals surface area contributed by atoms with Crippen molar-refractivity contribution in [1.82, 2.24) is 5.43 Å². The summed E-state index contributed by atoms with van der Waals surface area (Å²) < 4.78 is 49.2. The average molecular weight is 208 g/mol. The quantitative estimate of drug-likeness (QED) is 0.442. The van der Waals surface area contributed by atoms with Crippen molar-refractivity contribution in [2.75, 3.05) is 0 Å². The minimum Gasteiger partial charge on any atom is -0.271 e. The molecule has 0 amide bonds. The molecule has 6 heteroatoms. The number of alkyl halides is 3. The first-order chi connectivity index (χ1) is 6.45. The van der Waals surface area contributed by atoms with E-state index in [1.807, 2.05) is 0 Å². The van der Waals surface area contributed by atoms with Crippen LogP contribution in [0.25, 0.3) is 0 Å². The second-order valence-electron chi connectivity index (χ2n) is 2.69. The highest BCUT2D eigenvalue weighted by Crippen LogP contribution is 2.31. The molecular weight excluding hydrogens is 200 g/mol. The summed E-state index contributed by atoms with van der Waals surface area (Å²) in [6.45, 7) is 0. The Morgan fingerprint density at radius 3 is 2.00 bits per heavy atom. The number of nitrogens with two attached hydrogens (primary N) is 1. The summed E-state index contributed by atoms with van der Waals surface area (Å²) in [5, 5.41) is 0. The summed E-state index contributed by atoms with van der Waals surface area (Å²) in [5.41, 5.74) is 1.51. The lowest BCUT2D eigenvalue weighted by atomic mass is 10.1. The molecule has 0 saturated heterocycles. The topological polar surface area (TPSA) is 38.0 Å². The normalized spacial score (nSPS) is 14.1. The molecule has 0 saturated carbocycles. The number of nitrogens with one attached hydrogen (secondary N) is 1. The summed E-state index contributed by atoms with van der Waals surface area (Å²) in [7, 11) is 0. The first-order valence-corrected chi connectivity index (χ1v) is 3.73. The van der Waals surface area contributed by atoms with Crippen LogP contribution >= 0.6 is 0 Å². The second kappa shape index (κ2) is 3.93. The molecule has 0 aromatic heterocycles. The van der Waals surface area contributed by atoms with Crippen LogP contribution in [-0.2, 0) is 0 Å². The Hall–Kier alpha value is -1.14. The molecule has 1 rings (SSSR count). The van der Waals surface area contributed by atoms with Gasteiger partial charge < -0.3 is 0 Å². The van der Waals surface area contributed by atoms with Crippen molar-refractivity contribution in [2.24, 2.45) is 5.84 Å². The van der Waals surface area contributed by atoms with Crippen molar-refractivity contribution in [3.05, 3.63) is 35.6 Å². The Labute approximate surface area is 77.7 Å². The molecule has 1 atom stereocenters. The maximum absolute atomic E-state index is 12.4. The van der Waals surface area contributed by atoms with Crippen LogP contribution in [0.5, 0.6) is 0 Å². The maximum Gasteiger partial charge on any atom is 0.409 e. The zero-order valence-electron chi connectivity index (χ0n) is 6.98. The SMILES string of the molecule is NN[C@H](c1ccc(F)cc1)C(F)(F)F. The van der Waals surface area contributed by atoms with E-state index < -0.39 is 18.0 Å². The molecule has 0 aliphatic carbocycles. The Kier molecular flexibility index (Phi) is 3.07. The van der Waals surface area contributed by atoms with Gasteiger partial charge in [0.25, 0.3) is 0 Å². The van der Waals surface area contributed by atoms with Gasteiger partial charge in [-0.25, -0.2) is 9.82 Å². The molecule has 0 spiro atoms. The lowest BCUT2D eigenvalue weighted by Gasteiger charge is -2.19. The van der Waals surface area contributed by atoms with E-state index in [9.17, 15) is 17.6 Å². The second-order valence-corrected chi connectivity index (χ2v) is 2.69. The summed E-state index contributed by atoms with van der Waals surface area (Å²) in [6.07, 6.45) is -4.49. The zero-order chi connectivity index (χ0) is 10.8. The maximum atomic E-state index is 12.4. The third kappa shape index (κ3) is 2.43. The first kappa shape index (κ1) is 10.9. The number of halogens is 4. The summed E-state index contributed by atoms with van der Waals surface area (Å²) in [6, 6.07) is 2.00. The van der Waals surface area contributed by atoms with Crippen LogP contribution in [0.2, 0.25) is 0 Å². The van der Waals surface area contributed by atoms with Crippen molar-refractivity contribution < 1.29 is 17.6 Å². The standard InChI is InChI=1S/C8H8F4N2/c9-6-3-1-5(2-4-6)7(14-13)8(10,11)12/h1-4,7,14H,13H2/t7-/m1/s1. The highest BCUT2D eigenvalue weighted by atomic mass is 19.4. The third-order valence-corrected chi connectivity index (χ3v) is 1.70. The molecule has 0 heterocycles. The molecule has 0 aliphatic heterocycles. The van der Waals surface area contributed by atoms with Crippen molar-refractivity contribution >= 4 is 0 Å². The summed E-state index contributed by atoms with van der Waals surface area (Å²) in [4.78, 5) is 0. The van der Waals surface area contributed by atoms with Gasteiger partial charge in [-0.3, -0.25) is 5.84 Å². The molecule has 1 aromatic rings. The number of hydrogen-bond acceptors (Lipinski definition) is 2. The van der Waals surface area contributed by atoms with Gasteiger partial charge in [0.1, 0.15) is 11.9 Å².